The summed E-state index contributed by atoms with van der Waals surface area (Å²) in [4.78, 5) is 0. The number of halogens is 2. The minimum Gasteiger partial charge on any atom is -0.452 e. The molecular weight excluding hydrogens is 299 g/mol. The summed E-state index contributed by atoms with van der Waals surface area (Å²) in [5.74, 6) is -0.193. The predicted molar refractivity (Wildman–Crippen MR) is 69.7 cm³/mol. The number of nitriles is 1. The van der Waals surface area contributed by atoms with Gasteiger partial charge in [-0.05, 0) is 30.3 Å². The number of nitrogens with two attached hydrogens (primary N) is 1. The van der Waals surface area contributed by atoms with Crippen LogP contribution in [-0.4, -0.2) is 0 Å². The number of anilines is 1. The van der Waals surface area contributed by atoms with E-state index in [0.717, 1.165) is 0 Å². The van der Waals surface area contributed by atoms with Crippen LogP contribution in [0.15, 0.2) is 40.9 Å². The van der Waals surface area contributed by atoms with Gasteiger partial charge in [-0.2, -0.15) is 5.26 Å². The number of hydrogen-bond acceptors (Lipinski definition) is 3. The molecule has 0 aliphatic carbocycles. The molecule has 2 aromatic rings. The van der Waals surface area contributed by atoms with Gasteiger partial charge in [0, 0.05) is 4.47 Å². The summed E-state index contributed by atoms with van der Waals surface area (Å²) in [6.07, 6.45) is 0. The second-order valence-electron chi connectivity index (χ2n) is 3.51. The molecule has 0 aliphatic rings. The molecule has 18 heavy (non-hydrogen) atoms. The Hall–Kier alpha value is -2.06. The van der Waals surface area contributed by atoms with Gasteiger partial charge >= 0.3 is 0 Å². The zero-order valence-electron chi connectivity index (χ0n) is 9.15. The first kappa shape index (κ1) is 12.4. The van der Waals surface area contributed by atoms with Crippen LogP contribution in [0.25, 0.3) is 0 Å². The number of rotatable bonds is 2. The van der Waals surface area contributed by atoms with E-state index in [2.05, 4.69) is 15.9 Å². The van der Waals surface area contributed by atoms with Crippen LogP contribution in [0.5, 0.6) is 11.5 Å². The zero-order chi connectivity index (χ0) is 13.1. The SMILES string of the molecule is N#Cc1cccc(Oc2ccc(Br)cc2F)c1N. The molecule has 0 saturated heterocycles. The Labute approximate surface area is 112 Å². The molecule has 0 spiro atoms. The van der Waals surface area contributed by atoms with Gasteiger partial charge in [0.25, 0.3) is 0 Å². The molecule has 0 fully saturated rings. The molecule has 3 nitrogen and oxygen atoms in total. The van der Waals surface area contributed by atoms with E-state index in [4.69, 9.17) is 15.7 Å². The van der Waals surface area contributed by atoms with E-state index in [-0.39, 0.29) is 17.2 Å². The van der Waals surface area contributed by atoms with Gasteiger partial charge in [0.1, 0.15) is 6.07 Å². The molecule has 2 rings (SSSR count). The monoisotopic (exact) mass is 306 g/mol. The average molecular weight is 307 g/mol. The Morgan fingerprint density at radius 3 is 2.67 bits per heavy atom. The van der Waals surface area contributed by atoms with Crippen LogP contribution in [-0.2, 0) is 0 Å². The molecule has 0 saturated carbocycles. The molecule has 0 aliphatic heterocycles. The van der Waals surface area contributed by atoms with Crippen molar-refractivity contribution in [3.63, 3.8) is 0 Å². The summed E-state index contributed by atoms with van der Waals surface area (Å²) in [6, 6.07) is 11.1. The normalized spacial score (nSPS) is 9.83. The van der Waals surface area contributed by atoms with Crippen LogP contribution in [0, 0.1) is 17.1 Å². The lowest BCUT2D eigenvalue weighted by molar-refractivity contribution is 0.443. The van der Waals surface area contributed by atoms with Crippen molar-refractivity contribution in [2.75, 3.05) is 5.73 Å². The van der Waals surface area contributed by atoms with Crippen molar-refractivity contribution in [1.29, 1.82) is 5.26 Å². The molecule has 0 atom stereocenters. The number of benzene rings is 2. The minimum atomic E-state index is -0.508. The van der Waals surface area contributed by atoms with Gasteiger partial charge in [0.15, 0.2) is 17.3 Å². The standard InChI is InChI=1S/C13H8BrFN2O/c14-9-4-5-11(10(15)6-9)18-12-3-1-2-8(7-16)13(12)17/h1-6H,17H2. The molecular formula is C13H8BrFN2O. The maximum absolute atomic E-state index is 13.6. The van der Waals surface area contributed by atoms with E-state index in [1.165, 1.54) is 12.1 Å². The van der Waals surface area contributed by atoms with Gasteiger partial charge in [-0.3, -0.25) is 0 Å². The molecule has 0 radical (unpaired) electrons. The number of hydrogen-bond donors (Lipinski definition) is 1. The average Bonchev–Trinajstić information content (AvgIpc) is 2.35. The fraction of sp³-hybridized carbons (Fsp3) is 0. The largest absolute Gasteiger partial charge is 0.452 e. The quantitative estimate of drug-likeness (QED) is 0.858. The molecule has 2 aromatic carbocycles. The lowest BCUT2D eigenvalue weighted by Crippen LogP contribution is -1.96. The number of para-hydroxylation sites is 1. The fourth-order valence-electron chi connectivity index (χ4n) is 1.41. The van der Waals surface area contributed by atoms with Crippen LogP contribution in [0.1, 0.15) is 5.56 Å². The van der Waals surface area contributed by atoms with E-state index >= 15 is 0 Å². The van der Waals surface area contributed by atoms with Crippen LogP contribution in [0.4, 0.5) is 10.1 Å². The number of nitrogens with zero attached hydrogens (tertiary/aromatic N) is 1. The third-order valence-electron chi connectivity index (χ3n) is 2.30. The summed E-state index contributed by atoms with van der Waals surface area (Å²) in [7, 11) is 0. The first-order chi connectivity index (χ1) is 8.61. The molecule has 5 heteroatoms. The van der Waals surface area contributed by atoms with Crippen LogP contribution in [0.2, 0.25) is 0 Å². The topological polar surface area (TPSA) is 59.0 Å². The highest BCUT2D eigenvalue weighted by Crippen LogP contribution is 2.31. The molecule has 90 valence electrons. The van der Waals surface area contributed by atoms with E-state index in [1.54, 1.807) is 24.3 Å². The van der Waals surface area contributed by atoms with Crippen molar-refractivity contribution in [3.05, 3.63) is 52.3 Å². The number of nitrogen functional groups attached to an aromatic ring is 1. The van der Waals surface area contributed by atoms with Crippen molar-refractivity contribution < 1.29 is 9.13 Å². The second kappa shape index (κ2) is 5.07. The van der Waals surface area contributed by atoms with Crippen molar-refractivity contribution in [2.45, 2.75) is 0 Å². The first-order valence-electron chi connectivity index (χ1n) is 5.03. The maximum atomic E-state index is 13.6. The molecule has 0 bridgehead atoms. The fourth-order valence-corrected chi connectivity index (χ4v) is 1.74. The van der Waals surface area contributed by atoms with Gasteiger partial charge in [0.05, 0.1) is 11.3 Å². The smallest absolute Gasteiger partial charge is 0.166 e. The molecule has 0 heterocycles. The summed E-state index contributed by atoms with van der Waals surface area (Å²) in [5, 5.41) is 8.83. The maximum Gasteiger partial charge on any atom is 0.166 e. The summed E-state index contributed by atoms with van der Waals surface area (Å²) in [6.45, 7) is 0. The Balaban J connectivity index is 2.38. The first-order valence-corrected chi connectivity index (χ1v) is 5.82. The third-order valence-corrected chi connectivity index (χ3v) is 2.79. The minimum absolute atomic E-state index is 0.0555. The molecule has 0 aromatic heterocycles. The zero-order valence-corrected chi connectivity index (χ0v) is 10.7. The Morgan fingerprint density at radius 1 is 1.22 bits per heavy atom. The second-order valence-corrected chi connectivity index (χ2v) is 4.42. The highest BCUT2D eigenvalue weighted by atomic mass is 79.9. The molecule has 0 amide bonds. The Kier molecular flexibility index (Phi) is 3.49. The summed E-state index contributed by atoms with van der Waals surface area (Å²) >= 11 is 3.16. The highest BCUT2D eigenvalue weighted by molar-refractivity contribution is 9.10. The Morgan fingerprint density at radius 2 is 2.00 bits per heavy atom. The highest BCUT2D eigenvalue weighted by Gasteiger charge is 2.09. The molecule has 2 N–H and O–H groups in total. The Bertz CT molecular complexity index is 637. The molecule has 0 unspecified atom stereocenters. The van der Waals surface area contributed by atoms with Crippen molar-refractivity contribution in [3.8, 4) is 17.6 Å². The van der Waals surface area contributed by atoms with Crippen molar-refractivity contribution in [2.24, 2.45) is 0 Å². The van der Waals surface area contributed by atoms with Crippen molar-refractivity contribution in [1.82, 2.24) is 0 Å². The third kappa shape index (κ3) is 2.44. The summed E-state index contributed by atoms with van der Waals surface area (Å²) < 4.78 is 19.6. The van der Waals surface area contributed by atoms with Crippen LogP contribution >= 0.6 is 15.9 Å². The van der Waals surface area contributed by atoms with E-state index in [9.17, 15) is 4.39 Å². The van der Waals surface area contributed by atoms with E-state index in [1.807, 2.05) is 6.07 Å². The van der Waals surface area contributed by atoms with E-state index < -0.39 is 5.82 Å². The predicted octanol–water partition coefficient (Wildman–Crippen LogP) is 3.83. The van der Waals surface area contributed by atoms with Crippen LogP contribution < -0.4 is 10.5 Å². The van der Waals surface area contributed by atoms with Crippen LogP contribution in [0.3, 0.4) is 0 Å². The van der Waals surface area contributed by atoms with Gasteiger partial charge in [-0.1, -0.05) is 22.0 Å². The lowest BCUT2D eigenvalue weighted by Gasteiger charge is -2.10. The van der Waals surface area contributed by atoms with Gasteiger partial charge in [-0.15, -0.1) is 0 Å². The van der Waals surface area contributed by atoms with E-state index in [0.29, 0.717) is 10.0 Å². The lowest BCUT2D eigenvalue weighted by atomic mass is 10.2. The van der Waals surface area contributed by atoms with Crippen molar-refractivity contribution >= 4 is 21.6 Å². The number of ether oxygens (including phenoxy) is 1. The van der Waals surface area contributed by atoms with Gasteiger partial charge in [0.2, 0.25) is 0 Å². The summed E-state index contributed by atoms with van der Waals surface area (Å²) in [5.41, 5.74) is 6.24. The van der Waals surface area contributed by atoms with Gasteiger partial charge < -0.3 is 10.5 Å². The van der Waals surface area contributed by atoms with Gasteiger partial charge in [-0.25, -0.2) is 4.39 Å².